The fourth-order valence-electron chi connectivity index (χ4n) is 0. The van der Waals surface area contributed by atoms with Gasteiger partial charge in [-0.1, -0.05) is 0 Å². The third-order valence-corrected chi connectivity index (χ3v) is 0. The second-order valence-electron chi connectivity index (χ2n) is 0.469. The van der Waals surface area contributed by atoms with Gasteiger partial charge in [-0.25, -0.2) is 0 Å². The summed E-state index contributed by atoms with van der Waals surface area (Å²) in [5.74, 6) is 0. The van der Waals surface area contributed by atoms with Crippen molar-refractivity contribution >= 4 is 7.82 Å². The molecule has 0 aliphatic carbocycles. The molecule has 1 N–H and O–H groups in total. The zero-order valence-electron chi connectivity index (χ0n) is 3.42. The summed E-state index contributed by atoms with van der Waals surface area (Å²) in [5.41, 5.74) is 0. The molecule has 0 unspecified atom stereocenters. The van der Waals surface area contributed by atoms with Crippen molar-refractivity contribution in [1.29, 1.82) is 0 Å². The molecule has 0 aliphatic heterocycles. The number of phosphoric acid groups is 1. The fourth-order valence-corrected chi connectivity index (χ4v) is 0. The summed E-state index contributed by atoms with van der Waals surface area (Å²) in [4.78, 5) is 24.3. The van der Waals surface area contributed by atoms with Gasteiger partial charge in [0.15, 0.2) is 0 Å². The van der Waals surface area contributed by atoms with E-state index in [1.54, 1.807) is 0 Å². The maximum atomic E-state index is 8.66. The number of hydrogen-bond donors (Lipinski definition) is 1. The van der Waals surface area contributed by atoms with Gasteiger partial charge in [-0.15, -0.1) is 0 Å². The van der Waals surface area contributed by atoms with Crippen LogP contribution in [-0.2, 0) is 26.9 Å². The molecule has 7 heteroatoms. The van der Waals surface area contributed by atoms with Crippen LogP contribution in [0.2, 0.25) is 0 Å². The van der Waals surface area contributed by atoms with Crippen LogP contribution in [-0.4, -0.2) is 4.89 Å². The van der Waals surface area contributed by atoms with Gasteiger partial charge in [0.05, 0.1) is 7.82 Å². The molecule has 0 rings (SSSR count). The molecule has 0 spiro atoms. The normalized spacial score (nSPS) is 8.43. The number of hydrogen-bond acceptors (Lipinski definition) is 3. The zero-order chi connectivity index (χ0) is 4.50. The van der Waals surface area contributed by atoms with Crippen LogP contribution >= 0.6 is 7.82 Å². The minimum atomic E-state index is -5.14. The fraction of sp³-hybridized carbons (Fsp3) is 0. The predicted octanol–water partition coefficient (Wildman–Crippen LogP) is -5.19. The predicted molar refractivity (Wildman–Crippen MR) is 9.83 cm³/mol. The molecule has 42 valence electrons. The Morgan fingerprint density at radius 2 is 1.43 bits per heavy atom. The Labute approximate surface area is 68.2 Å². The molecule has 0 aliphatic rings. The molecule has 0 saturated heterocycles. The van der Waals surface area contributed by atoms with Gasteiger partial charge in [-0.2, -0.15) is 0 Å². The van der Waals surface area contributed by atoms with Gasteiger partial charge in [-0.3, -0.25) is 0 Å². The van der Waals surface area contributed by atoms with E-state index in [1.807, 2.05) is 0 Å². The van der Waals surface area contributed by atoms with E-state index in [-0.39, 0.29) is 41.2 Å². The average Bonchev–Trinajstić information content (AvgIpc) is 0.722. The van der Waals surface area contributed by atoms with E-state index < -0.39 is 7.82 Å². The first-order valence-corrected chi connectivity index (χ1v) is 2.24. The first-order chi connectivity index (χ1) is 2.00. The van der Waals surface area contributed by atoms with Gasteiger partial charge in [0, 0.05) is 0 Å². The standard InChI is InChI=1S/Ag.Li.H3O4P/c;;1-5(2,3)4/h;;(H3,1,2,3,4)/q2*+1;/p-2. The molecular formula is HAgLiO4P. The molecule has 0 amide bonds. The monoisotopic (exact) mass is 210 g/mol. The maximum Gasteiger partial charge on any atom is 1.00 e. The first kappa shape index (κ1) is 15.8. The van der Waals surface area contributed by atoms with Crippen LogP contribution in [0.25, 0.3) is 0 Å². The molecule has 0 atom stereocenters. The van der Waals surface area contributed by atoms with E-state index in [2.05, 4.69) is 0 Å². The van der Waals surface area contributed by atoms with Crippen LogP contribution < -0.4 is 28.6 Å². The summed E-state index contributed by atoms with van der Waals surface area (Å²) in [6.07, 6.45) is 0. The Kier molecular flexibility index (Phi) is 12.6. The van der Waals surface area contributed by atoms with Crippen molar-refractivity contribution in [2.45, 2.75) is 0 Å². The van der Waals surface area contributed by atoms with E-state index in [9.17, 15) is 0 Å². The van der Waals surface area contributed by atoms with E-state index in [1.165, 1.54) is 0 Å². The minimum Gasteiger partial charge on any atom is -0.790 e. The summed E-state index contributed by atoms with van der Waals surface area (Å²) in [5, 5.41) is 0. The molecule has 0 aromatic rings. The van der Waals surface area contributed by atoms with Crippen molar-refractivity contribution in [3.05, 3.63) is 0 Å². The first-order valence-electron chi connectivity index (χ1n) is 0.748. The van der Waals surface area contributed by atoms with Crippen LogP contribution in [0.5, 0.6) is 0 Å². The Bertz CT molecular complexity index is 57.8. The van der Waals surface area contributed by atoms with Gasteiger partial charge < -0.3 is 19.2 Å². The Hall–Kier alpha value is 1.45. The van der Waals surface area contributed by atoms with Crippen LogP contribution in [0.1, 0.15) is 0 Å². The molecule has 4 nitrogen and oxygen atoms in total. The molecule has 0 aromatic heterocycles. The van der Waals surface area contributed by atoms with E-state index in [0.717, 1.165) is 0 Å². The van der Waals surface area contributed by atoms with Crippen molar-refractivity contribution < 1.29 is 60.5 Å². The second-order valence-corrected chi connectivity index (χ2v) is 1.41. The third kappa shape index (κ3) is 105. The molecule has 7 heavy (non-hydrogen) atoms. The van der Waals surface area contributed by atoms with Gasteiger partial charge >= 0.3 is 41.2 Å². The molecule has 0 radical (unpaired) electrons. The molecule has 0 heterocycles. The topological polar surface area (TPSA) is 83.4 Å². The van der Waals surface area contributed by atoms with E-state index in [0.29, 0.717) is 0 Å². The van der Waals surface area contributed by atoms with Gasteiger partial charge in [0.1, 0.15) is 0 Å². The molecule has 0 fully saturated rings. The van der Waals surface area contributed by atoms with Crippen molar-refractivity contribution in [2.24, 2.45) is 0 Å². The molecule has 0 aromatic carbocycles. The summed E-state index contributed by atoms with van der Waals surface area (Å²) >= 11 is 0. The quantitative estimate of drug-likeness (QED) is 0.320. The van der Waals surface area contributed by atoms with Crippen molar-refractivity contribution in [1.82, 2.24) is 0 Å². The summed E-state index contributed by atoms with van der Waals surface area (Å²) in [7, 11) is -5.14. The molecule has 0 saturated carbocycles. The second kappa shape index (κ2) is 5.58. The van der Waals surface area contributed by atoms with Crippen LogP contribution in [0.3, 0.4) is 0 Å². The van der Waals surface area contributed by atoms with E-state index >= 15 is 0 Å². The largest absolute Gasteiger partial charge is 1.00 e. The van der Waals surface area contributed by atoms with Crippen LogP contribution in [0.15, 0.2) is 0 Å². The third-order valence-electron chi connectivity index (χ3n) is 0. The van der Waals surface area contributed by atoms with Crippen molar-refractivity contribution in [2.75, 3.05) is 0 Å². The van der Waals surface area contributed by atoms with Gasteiger partial charge in [-0.05, 0) is 0 Å². The zero-order valence-corrected chi connectivity index (χ0v) is 5.80. The number of rotatable bonds is 0. The van der Waals surface area contributed by atoms with Gasteiger partial charge in [0.25, 0.3) is 0 Å². The van der Waals surface area contributed by atoms with Crippen LogP contribution in [0.4, 0.5) is 0 Å². The molecule has 0 bridgehead atoms. The van der Waals surface area contributed by atoms with E-state index in [4.69, 9.17) is 19.2 Å². The Balaban J connectivity index is -0.0000000800. The summed E-state index contributed by atoms with van der Waals surface area (Å²) < 4.78 is 8.66. The summed E-state index contributed by atoms with van der Waals surface area (Å²) in [6, 6.07) is 0. The van der Waals surface area contributed by atoms with Crippen molar-refractivity contribution in [3.63, 3.8) is 0 Å². The average molecular weight is 211 g/mol. The van der Waals surface area contributed by atoms with Crippen LogP contribution in [0, 0.1) is 0 Å². The molecular weight excluding hydrogens is 210 g/mol. The SMILES string of the molecule is O=P([O-])([O-])O.[Ag+].[Li+]. The van der Waals surface area contributed by atoms with Crippen molar-refractivity contribution in [3.8, 4) is 0 Å². The Morgan fingerprint density at radius 3 is 1.43 bits per heavy atom. The minimum absolute atomic E-state index is 0. The maximum absolute atomic E-state index is 8.66. The Morgan fingerprint density at radius 1 is 1.43 bits per heavy atom. The van der Waals surface area contributed by atoms with Gasteiger partial charge in [0.2, 0.25) is 0 Å². The smallest absolute Gasteiger partial charge is 0.790 e. The summed E-state index contributed by atoms with van der Waals surface area (Å²) in [6.45, 7) is 0.